The van der Waals surface area contributed by atoms with Crippen LogP contribution in [0.25, 0.3) is 0 Å². The van der Waals surface area contributed by atoms with Crippen LogP contribution >= 0.6 is 34.2 Å². The summed E-state index contributed by atoms with van der Waals surface area (Å²) in [5.74, 6) is -0.303. The molecular formula is C7H4ClF3INO. The molecule has 0 aliphatic rings. The van der Waals surface area contributed by atoms with Crippen LogP contribution in [0.3, 0.4) is 0 Å². The van der Waals surface area contributed by atoms with Crippen molar-refractivity contribution in [3.05, 3.63) is 20.5 Å². The molecule has 1 heterocycles. The van der Waals surface area contributed by atoms with Crippen LogP contribution in [-0.4, -0.2) is 11.3 Å². The van der Waals surface area contributed by atoms with E-state index >= 15 is 0 Å². The Morgan fingerprint density at radius 2 is 2.07 bits per heavy atom. The van der Waals surface area contributed by atoms with E-state index in [9.17, 15) is 13.2 Å². The molecular weight excluding hydrogens is 333 g/mol. The fraction of sp³-hybridized carbons (Fsp3) is 0.286. The lowest BCUT2D eigenvalue weighted by Crippen LogP contribution is -2.18. The number of halogens is 5. The monoisotopic (exact) mass is 337 g/mol. The maximum Gasteiger partial charge on any atom is 0.573 e. The minimum absolute atomic E-state index is 0.110. The fourth-order valence-electron chi connectivity index (χ4n) is 0.825. The largest absolute Gasteiger partial charge is 0.573 e. The van der Waals surface area contributed by atoms with Crippen LogP contribution in [0.1, 0.15) is 5.69 Å². The minimum Gasteiger partial charge on any atom is -0.403 e. The van der Waals surface area contributed by atoms with Crippen molar-refractivity contribution in [2.24, 2.45) is 0 Å². The molecule has 0 radical (unpaired) electrons. The van der Waals surface area contributed by atoms with Crippen molar-refractivity contribution in [3.8, 4) is 5.75 Å². The normalized spacial score (nSPS) is 11.6. The van der Waals surface area contributed by atoms with Crippen molar-refractivity contribution in [1.82, 2.24) is 4.98 Å². The van der Waals surface area contributed by atoms with Crippen LogP contribution in [0, 0.1) is 10.5 Å². The molecule has 0 aliphatic heterocycles. The average molecular weight is 337 g/mol. The summed E-state index contributed by atoms with van der Waals surface area (Å²) < 4.78 is 39.8. The molecule has 0 unspecified atom stereocenters. The van der Waals surface area contributed by atoms with Crippen LogP contribution in [0.5, 0.6) is 5.75 Å². The summed E-state index contributed by atoms with van der Waals surface area (Å²) >= 11 is 7.24. The molecule has 14 heavy (non-hydrogen) atoms. The van der Waals surface area contributed by atoms with Gasteiger partial charge in [0, 0.05) is 0 Å². The standard InChI is InChI=1S/C7H4ClF3INO/c1-3-6(14-7(9,10)11)4(12)2-5(8)13-3/h2H,1H3. The predicted octanol–water partition coefficient (Wildman–Crippen LogP) is 3.55. The SMILES string of the molecule is Cc1nc(Cl)cc(I)c1OC(F)(F)F. The zero-order chi connectivity index (χ0) is 10.9. The zero-order valence-corrected chi connectivity index (χ0v) is 9.74. The highest BCUT2D eigenvalue weighted by Gasteiger charge is 2.33. The molecule has 0 saturated carbocycles. The maximum atomic E-state index is 11.9. The Morgan fingerprint density at radius 3 is 2.50 bits per heavy atom. The second kappa shape index (κ2) is 4.09. The van der Waals surface area contributed by atoms with Gasteiger partial charge in [-0.3, -0.25) is 0 Å². The molecule has 1 aromatic heterocycles. The number of hydrogen-bond donors (Lipinski definition) is 0. The number of nitrogens with zero attached hydrogens (tertiary/aromatic N) is 1. The first-order chi connectivity index (χ1) is 6.29. The topological polar surface area (TPSA) is 22.1 Å². The van der Waals surface area contributed by atoms with E-state index in [1.165, 1.54) is 13.0 Å². The molecule has 0 spiro atoms. The van der Waals surface area contributed by atoms with E-state index in [1.54, 1.807) is 22.6 Å². The predicted molar refractivity (Wildman–Crippen MR) is 53.4 cm³/mol. The molecule has 0 atom stereocenters. The minimum atomic E-state index is -4.71. The van der Waals surface area contributed by atoms with Crippen molar-refractivity contribution in [2.75, 3.05) is 0 Å². The Kier molecular flexibility index (Phi) is 3.46. The first kappa shape index (κ1) is 11.8. The number of pyridine rings is 1. The molecule has 0 bridgehead atoms. The third kappa shape index (κ3) is 3.16. The highest BCUT2D eigenvalue weighted by Crippen LogP contribution is 2.31. The van der Waals surface area contributed by atoms with Crippen LogP contribution in [0.4, 0.5) is 13.2 Å². The van der Waals surface area contributed by atoms with Gasteiger partial charge in [-0.25, -0.2) is 4.98 Å². The molecule has 0 fully saturated rings. The van der Waals surface area contributed by atoms with Gasteiger partial charge in [0.05, 0.1) is 9.26 Å². The van der Waals surface area contributed by atoms with Crippen molar-refractivity contribution in [2.45, 2.75) is 13.3 Å². The first-order valence-corrected chi connectivity index (χ1v) is 4.83. The Bertz CT molecular complexity index is 332. The van der Waals surface area contributed by atoms with E-state index in [2.05, 4.69) is 9.72 Å². The summed E-state index contributed by atoms with van der Waals surface area (Å²) in [6.07, 6.45) is -4.71. The van der Waals surface area contributed by atoms with Crippen LogP contribution in [0.15, 0.2) is 6.07 Å². The van der Waals surface area contributed by atoms with E-state index in [-0.39, 0.29) is 20.2 Å². The molecule has 2 nitrogen and oxygen atoms in total. The van der Waals surface area contributed by atoms with E-state index in [4.69, 9.17) is 11.6 Å². The van der Waals surface area contributed by atoms with E-state index < -0.39 is 6.36 Å². The highest BCUT2D eigenvalue weighted by molar-refractivity contribution is 14.1. The van der Waals surface area contributed by atoms with Gasteiger partial charge in [-0.05, 0) is 35.6 Å². The van der Waals surface area contributed by atoms with Gasteiger partial charge in [0.2, 0.25) is 0 Å². The van der Waals surface area contributed by atoms with Gasteiger partial charge >= 0.3 is 6.36 Å². The summed E-state index contributed by atoms with van der Waals surface area (Å²) in [7, 11) is 0. The smallest absolute Gasteiger partial charge is 0.403 e. The lowest BCUT2D eigenvalue weighted by Gasteiger charge is -2.12. The number of alkyl halides is 3. The molecule has 0 N–H and O–H groups in total. The summed E-state index contributed by atoms with van der Waals surface area (Å²) in [6, 6.07) is 1.30. The zero-order valence-electron chi connectivity index (χ0n) is 6.82. The number of aromatic nitrogens is 1. The van der Waals surface area contributed by atoms with Gasteiger partial charge in [-0.2, -0.15) is 0 Å². The number of ether oxygens (including phenoxy) is 1. The number of aryl methyl sites for hydroxylation is 1. The molecule has 78 valence electrons. The second-order valence-electron chi connectivity index (χ2n) is 2.39. The average Bonchev–Trinajstić information content (AvgIpc) is 1.95. The molecule has 0 amide bonds. The Balaban J connectivity index is 3.09. The lowest BCUT2D eigenvalue weighted by atomic mass is 10.3. The van der Waals surface area contributed by atoms with Crippen molar-refractivity contribution in [1.29, 1.82) is 0 Å². The molecule has 0 aromatic carbocycles. The fourth-order valence-corrected chi connectivity index (χ4v) is 2.04. The van der Waals surface area contributed by atoms with Gasteiger partial charge in [-0.1, -0.05) is 11.6 Å². The van der Waals surface area contributed by atoms with Gasteiger partial charge < -0.3 is 4.74 Å². The highest BCUT2D eigenvalue weighted by atomic mass is 127. The van der Waals surface area contributed by atoms with Crippen molar-refractivity contribution >= 4 is 34.2 Å². The quantitative estimate of drug-likeness (QED) is 0.577. The Hall–Kier alpha value is -0.240. The van der Waals surface area contributed by atoms with Crippen molar-refractivity contribution in [3.63, 3.8) is 0 Å². The third-order valence-electron chi connectivity index (χ3n) is 1.28. The van der Waals surface area contributed by atoms with E-state index in [0.29, 0.717) is 0 Å². The molecule has 1 rings (SSSR count). The summed E-state index contributed by atoms with van der Waals surface area (Å²) in [6.45, 7) is 1.40. The van der Waals surface area contributed by atoms with Crippen LogP contribution in [-0.2, 0) is 0 Å². The van der Waals surface area contributed by atoms with Gasteiger partial charge in [0.25, 0.3) is 0 Å². The maximum absolute atomic E-state index is 11.9. The summed E-state index contributed by atoms with van der Waals surface area (Å²) in [5, 5.41) is 0.140. The molecule has 1 aromatic rings. The molecule has 0 aliphatic carbocycles. The lowest BCUT2D eigenvalue weighted by molar-refractivity contribution is -0.275. The van der Waals surface area contributed by atoms with Crippen molar-refractivity contribution < 1.29 is 17.9 Å². The second-order valence-corrected chi connectivity index (χ2v) is 3.94. The van der Waals surface area contributed by atoms with Gasteiger partial charge in [0.1, 0.15) is 5.15 Å². The summed E-state index contributed by atoms with van der Waals surface area (Å²) in [4.78, 5) is 3.65. The van der Waals surface area contributed by atoms with Crippen LogP contribution in [0.2, 0.25) is 5.15 Å². The summed E-state index contributed by atoms with van der Waals surface area (Å²) in [5.41, 5.74) is 0.110. The van der Waals surface area contributed by atoms with E-state index in [0.717, 1.165) is 0 Å². The number of hydrogen-bond acceptors (Lipinski definition) is 2. The first-order valence-electron chi connectivity index (χ1n) is 3.38. The van der Waals surface area contributed by atoms with Gasteiger partial charge in [-0.15, -0.1) is 13.2 Å². The molecule has 7 heteroatoms. The van der Waals surface area contributed by atoms with Gasteiger partial charge in [0.15, 0.2) is 5.75 Å². The molecule has 0 saturated heterocycles. The van der Waals surface area contributed by atoms with Crippen LogP contribution < -0.4 is 4.74 Å². The Morgan fingerprint density at radius 1 is 1.50 bits per heavy atom. The third-order valence-corrected chi connectivity index (χ3v) is 2.28. The Labute approximate surface area is 96.6 Å². The van der Waals surface area contributed by atoms with E-state index in [1.807, 2.05) is 0 Å². The number of rotatable bonds is 1.